The number of hydrogen-bond acceptors (Lipinski definition) is 0. The minimum absolute atomic E-state index is 1.18. The summed E-state index contributed by atoms with van der Waals surface area (Å²) in [6.07, 6.45) is 6.48. The van der Waals surface area contributed by atoms with Crippen LogP contribution in [0.1, 0.15) is 52.5 Å². The Hall–Kier alpha value is -0.0171. The Bertz CT molecular complexity index is 425. The van der Waals surface area contributed by atoms with Crippen LogP contribution in [-0.2, 0) is 0 Å². The van der Waals surface area contributed by atoms with Crippen molar-refractivity contribution >= 4 is 35.3 Å². The van der Waals surface area contributed by atoms with Gasteiger partial charge in [0.2, 0.25) is 0 Å². The van der Waals surface area contributed by atoms with E-state index in [0.29, 0.717) is 0 Å². The molecule has 1 aromatic rings. The molecule has 0 nitrogen and oxygen atoms in total. The van der Waals surface area contributed by atoms with Crippen molar-refractivity contribution in [1.29, 1.82) is 0 Å². The van der Waals surface area contributed by atoms with Gasteiger partial charge < -0.3 is 0 Å². The van der Waals surface area contributed by atoms with Gasteiger partial charge in [0.05, 0.1) is 0 Å². The van der Waals surface area contributed by atoms with E-state index in [9.17, 15) is 0 Å². The van der Waals surface area contributed by atoms with Crippen LogP contribution in [0.2, 0.25) is 15.8 Å². The molecule has 0 amide bonds. The molecule has 1 rings (SSSR count). The zero-order valence-electron chi connectivity index (χ0n) is 13.5. The maximum absolute atomic E-state index is 3.59. The maximum atomic E-state index is 3.59. The Labute approximate surface area is 136 Å². The Kier molecular flexibility index (Phi) is 8.20. The molecule has 0 bridgehead atoms. The topological polar surface area (TPSA) is 0 Å². The van der Waals surface area contributed by atoms with Crippen LogP contribution in [0.3, 0.4) is 0 Å². The average Bonchev–Trinajstić information content (AvgIpc) is 2.47. The summed E-state index contributed by atoms with van der Waals surface area (Å²) in [5.41, 5.74) is 1.37. The Morgan fingerprint density at radius 3 is 2.25 bits per heavy atom. The fraction of sp³-hybridized carbons (Fsp3) is 0.556. The SMILES string of the molecule is CCCC/[C](=C/c1cccc(Br)c1)[Ge]([CH2]C)([CH2]C)[CH2]C. The third-order valence-corrected chi connectivity index (χ3v) is 17.4. The van der Waals surface area contributed by atoms with Crippen molar-refractivity contribution in [2.75, 3.05) is 0 Å². The van der Waals surface area contributed by atoms with Gasteiger partial charge in [-0.25, -0.2) is 0 Å². The summed E-state index contributed by atoms with van der Waals surface area (Å²) in [6.45, 7) is 9.57. The van der Waals surface area contributed by atoms with Gasteiger partial charge in [-0.15, -0.1) is 0 Å². The number of hydrogen-bond donors (Lipinski definition) is 0. The van der Waals surface area contributed by atoms with Gasteiger partial charge in [0, 0.05) is 0 Å². The molecule has 0 atom stereocenters. The number of benzene rings is 1. The molecule has 0 unspecified atom stereocenters. The zero-order chi connectivity index (χ0) is 15.0. The van der Waals surface area contributed by atoms with Crippen LogP contribution < -0.4 is 0 Å². The first-order valence-electron chi connectivity index (χ1n) is 8.08. The summed E-state index contributed by atoms with van der Waals surface area (Å²) in [7, 11) is 0. The van der Waals surface area contributed by atoms with Crippen molar-refractivity contribution in [3.8, 4) is 0 Å². The van der Waals surface area contributed by atoms with Crippen molar-refractivity contribution in [2.45, 2.75) is 62.7 Å². The van der Waals surface area contributed by atoms with Gasteiger partial charge in [0.1, 0.15) is 0 Å². The molecular formula is C18H29BrGe. The zero-order valence-corrected chi connectivity index (χ0v) is 17.2. The van der Waals surface area contributed by atoms with Gasteiger partial charge in [-0.3, -0.25) is 0 Å². The molecular weight excluding hydrogens is 369 g/mol. The van der Waals surface area contributed by atoms with Crippen LogP contribution in [0.15, 0.2) is 33.1 Å². The molecule has 1 aromatic carbocycles. The predicted octanol–water partition coefficient (Wildman–Crippen LogP) is 7.07. The van der Waals surface area contributed by atoms with Crippen LogP contribution >= 0.6 is 15.9 Å². The standard InChI is InChI=1S/C18H29BrGe/c1-5-9-13-18(20(6-2,7-3)8-4)15-16-11-10-12-17(19)14-16/h10-12,14-15H,5-9,13H2,1-4H3/b18-15-. The summed E-state index contributed by atoms with van der Waals surface area (Å²) in [5.74, 6) is 0. The molecule has 0 aromatic heterocycles. The molecule has 20 heavy (non-hydrogen) atoms. The van der Waals surface area contributed by atoms with E-state index in [4.69, 9.17) is 0 Å². The van der Waals surface area contributed by atoms with E-state index in [-0.39, 0.29) is 0 Å². The fourth-order valence-corrected chi connectivity index (χ4v) is 12.0. The normalized spacial score (nSPS) is 12.8. The summed E-state index contributed by atoms with van der Waals surface area (Å²) in [5, 5.41) is 4.28. The fourth-order valence-electron chi connectivity index (χ4n) is 3.09. The first kappa shape index (κ1) is 18.0. The molecule has 0 saturated carbocycles. The van der Waals surface area contributed by atoms with Crippen LogP contribution in [0.5, 0.6) is 0 Å². The summed E-state index contributed by atoms with van der Waals surface area (Å²) in [4.78, 5) is 0. The molecule has 2 heteroatoms. The Balaban J connectivity index is 3.16. The molecule has 0 N–H and O–H groups in total. The number of halogens is 1. The Morgan fingerprint density at radius 2 is 1.75 bits per heavy atom. The van der Waals surface area contributed by atoms with Crippen molar-refractivity contribution in [2.24, 2.45) is 0 Å². The number of allylic oxidation sites excluding steroid dienone is 1. The van der Waals surface area contributed by atoms with E-state index < -0.39 is 13.3 Å². The summed E-state index contributed by atoms with van der Waals surface area (Å²) < 4.78 is 3.01. The van der Waals surface area contributed by atoms with Gasteiger partial charge in [-0.1, -0.05) is 0 Å². The quantitative estimate of drug-likeness (QED) is 0.411. The number of rotatable bonds is 8. The van der Waals surface area contributed by atoms with Crippen molar-refractivity contribution in [1.82, 2.24) is 0 Å². The van der Waals surface area contributed by atoms with E-state index in [1.807, 2.05) is 4.41 Å². The Morgan fingerprint density at radius 1 is 1.10 bits per heavy atom. The molecule has 0 aliphatic carbocycles. The summed E-state index contributed by atoms with van der Waals surface area (Å²) >= 11 is 1.79. The van der Waals surface area contributed by atoms with Crippen molar-refractivity contribution in [3.05, 3.63) is 38.7 Å². The molecule has 0 fully saturated rings. The van der Waals surface area contributed by atoms with Crippen LogP contribution in [0.25, 0.3) is 6.08 Å². The van der Waals surface area contributed by atoms with Gasteiger partial charge in [0.25, 0.3) is 0 Å². The van der Waals surface area contributed by atoms with Gasteiger partial charge in [-0.2, -0.15) is 0 Å². The van der Waals surface area contributed by atoms with Gasteiger partial charge >= 0.3 is 137 Å². The third-order valence-electron chi connectivity index (χ3n) is 4.70. The first-order valence-corrected chi connectivity index (χ1v) is 14.4. The summed E-state index contributed by atoms with van der Waals surface area (Å²) in [6, 6.07) is 8.74. The first-order chi connectivity index (χ1) is 9.61. The van der Waals surface area contributed by atoms with E-state index >= 15 is 0 Å². The van der Waals surface area contributed by atoms with Crippen LogP contribution in [0.4, 0.5) is 0 Å². The molecule has 0 aliphatic heterocycles. The van der Waals surface area contributed by atoms with E-state index in [0.717, 1.165) is 0 Å². The number of unbranched alkanes of at least 4 members (excludes halogenated alkanes) is 1. The van der Waals surface area contributed by atoms with Crippen molar-refractivity contribution in [3.63, 3.8) is 0 Å². The van der Waals surface area contributed by atoms with E-state index in [1.54, 1.807) is 0 Å². The average molecular weight is 398 g/mol. The molecule has 0 radical (unpaired) electrons. The van der Waals surface area contributed by atoms with Gasteiger partial charge in [-0.05, 0) is 0 Å². The molecule has 112 valence electrons. The second-order valence-electron chi connectivity index (χ2n) is 5.67. The van der Waals surface area contributed by atoms with E-state index in [1.165, 1.54) is 45.1 Å². The molecule has 0 spiro atoms. The monoisotopic (exact) mass is 398 g/mol. The minimum atomic E-state index is -1.81. The second-order valence-corrected chi connectivity index (χ2v) is 17.8. The molecule has 0 aliphatic rings. The predicted molar refractivity (Wildman–Crippen MR) is 98.8 cm³/mol. The van der Waals surface area contributed by atoms with Crippen LogP contribution in [-0.4, -0.2) is 13.3 Å². The van der Waals surface area contributed by atoms with Crippen molar-refractivity contribution < 1.29 is 0 Å². The van der Waals surface area contributed by atoms with Crippen LogP contribution in [0, 0.1) is 0 Å². The third kappa shape index (κ3) is 4.77. The van der Waals surface area contributed by atoms with E-state index in [2.05, 4.69) is 74.0 Å². The molecule has 0 saturated heterocycles. The van der Waals surface area contributed by atoms with Gasteiger partial charge in [0.15, 0.2) is 0 Å². The molecule has 0 heterocycles. The second kappa shape index (κ2) is 9.09.